The molecular weight excluding hydrogens is 216 g/mol. The minimum Gasteiger partial charge on any atom is -0.464 e. The second-order valence-electron chi connectivity index (χ2n) is 5.89. The summed E-state index contributed by atoms with van der Waals surface area (Å²) in [5, 5.41) is 0. The largest absolute Gasteiger partial charge is 0.464 e. The van der Waals surface area contributed by atoms with E-state index in [1.54, 1.807) is 0 Å². The average Bonchev–Trinajstić information content (AvgIpc) is 2.43. The summed E-state index contributed by atoms with van der Waals surface area (Å²) in [5.74, 6) is -0.430. The molecule has 0 saturated heterocycles. The fourth-order valence-electron chi connectivity index (χ4n) is 2.83. The fourth-order valence-corrected chi connectivity index (χ4v) is 2.83. The molecule has 0 N–H and O–H groups in total. The summed E-state index contributed by atoms with van der Waals surface area (Å²) in [6, 6.07) is 0. The Morgan fingerprint density at radius 2 is 1.82 bits per heavy atom. The molecule has 0 fully saturated rings. The van der Waals surface area contributed by atoms with E-state index in [0.29, 0.717) is 0 Å². The molecule has 4 nitrogen and oxygen atoms in total. The van der Waals surface area contributed by atoms with Gasteiger partial charge in [0.05, 0.1) is 24.7 Å². The molecule has 1 aromatic heterocycles. The van der Waals surface area contributed by atoms with Gasteiger partial charge in [0, 0.05) is 10.8 Å². The highest BCUT2D eigenvalue weighted by molar-refractivity contribution is 5.86. The molecule has 1 heterocycles. The molecule has 1 aliphatic carbocycles. The second kappa shape index (κ2) is 3.52. The first-order chi connectivity index (χ1) is 7.78. The lowest BCUT2D eigenvalue weighted by molar-refractivity contribution is 0.0593. The van der Waals surface area contributed by atoms with E-state index < -0.39 is 5.97 Å². The number of fused-ring (bicyclic) bond motifs is 1. The Balaban J connectivity index is 2.57. The molecule has 2 rings (SSSR count). The lowest BCUT2D eigenvalue weighted by Crippen LogP contribution is -2.18. The summed E-state index contributed by atoms with van der Waals surface area (Å²) in [7, 11) is 1.35. The van der Waals surface area contributed by atoms with Crippen LogP contribution in [0.1, 0.15) is 56.0 Å². The number of hydrogen-bond donors (Lipinski definition) is 0. The number of aromatic nitrogens is 2. The summed E-state index contributed by atoms with van der Waals surface area (Å²) in [6.07, 6.45) is 2.49. The van der Waals surface area contributed by atoms with Crippen LogP contribution < -0.4 is 0 Å². The van der Waals surface area contributed by atoms with Crippen molar-refractivity contribution in [2.45, 2.75) is 44.9 Å². The van der Waals surface area contributed by atoms with Crippen LogP contribution in [-0.4, -0.2) is 23.0 Å². The van der Waals surface area contributed by atoms with Crippen molar-refractivity contribution in [3.8, 4) is 0 Å². The number of carbonyl (C=O) groups excluding carboxylic acids is 1. The van der Waals surface area contributed by atoms with Crippen molar-refractivity contribution < 1.29 is 9.53 Å². The first kappa shape index (κ1) is 12.0. The van der Waals surface area contributed by atoms with E-state index in [0.717, 1.165) is 17.8 Å². The molecule has 1 aliphatic rings. The van der Waals surface area contributed by atoms with Gasteiger partial charge in [-0.25, -0.2) is 9.78 Å². The van der Waals surface area contributed by atoms with Gasteiger partial charge in [-0.2, -0.15) is 0 Å². The Bertz CT molecular complexity index is 478. The molecule has 0 amide bonds. The predicted molar refractivity (Wildman–Crippen MR) is 64.0 cm³/mol. The molecule has 0 aliphatic heterocycles. The molecule has 0 unspecified atom stereocenters. The van der Waals surface area contributed by atoms with Crippen LogP contribution in [0.3, 0.4) is 0 Å². The number of hydrogen-bond acceptors (Lipinski definition) is 4. The van der Waals surface area contributed by atoms with Crippen molar-refractivity contribution in [2.24, 2.45) is 0 Å². The van der Waals surface area contributed by atoms with Crippen LogP contribution in [0.4, 0.5) is 0 Å². The lowest BCUT2D eigenvalue weighted by atomic mass is 9.83. The van der Waals surface area contributed by atoms with Crippen LogP contribution in [0, 0.1) is 0 Å². The van der Waals surface area contributed by atoms with Crippen molar-refractivity contribution in [2.75, 3.05) is 7.11 Å². The van der Waals surface area contributed by atoms with Gasteiger partial charge in [-0.05, 0) is 6.42 Å². The Labute approximate surface area is 101 Å². The molecule has 0 saturated carbocycles. The summed E-state index contributed by atoms with van der Waals surface area (Å²) < 4.78 is 4.67. The van der Waals surface area contributed by atoms with Gasteiger partial charge < -0.3 is 4.74 Å². The van der Waals surface area contributed by atoms with Crippen LogP contribution >= 0.6 is 0 Å². The van der Waals surface area contributed by atoms with E-state index in [2.05, 4.69) is 42.4 Å². The summed E-state index contributed by atoms with van der Waals surface area (Å²) in [4.78, 5) is 20.3. The van der Waals surface area contributed by atoms with Gasteiger partial charge in [-0.3, -0.25) is 4.98 Å². The molecule has 0 atom stereocenters. The van der Waals surface area contributed by atoms with Crippen LogP contribution in [0.2, 0.25) is 0 Å². The minimum absolute atomic E-state index is 0.0144. The zero-order valence-electron chi connectivity index (χ0n) is 11.0. The highest BCUT2D eigenvalue weighted by atomic mass is 16.5. The normalized spacial score (nSPS) is 19.8. The summed E-state index contributed by atoms with van der Waals surface area (Å²) >= 11 is 0. The molecule has 17 heavy (non-hydrogen) atoms. The van der Waals surface area contributed by atoms with Crippen LogP contribution in [0.5, 0.6) is 0 Å². The molecule has 4 heteroatoms. The van der Waals surface area contributed by atoms with Gasteiger partial charge in [-0.15, -0.1) is 0 Å². The number of nitrogens with zero attached hydrogens (tertiary/aromatic N) is 2. The smallest absolute Gasteiger partial charge is 0.358 e. The summed E-state index contributed by atoms with van der Waals surface area (Å²) in [6.45, 7) is 8.59. The van der Waals surface area contributed by atoms with Gasteiger partial charge in [0.1, 0.15) is 0 Å². The lowest BCUT2D eigenvalue weighted by Gasteiger charge is -2.21. The third-order valence-corrected chi connectivity index (χ3v) is 3.33. The molecule has 1 aromatic rings. The molecule has 0 bridgehead atoms. The monoisotopic (exact) mass is 234 g/mol. The highest BCUT2D eigenvalue weighted by Gasteiger charge is 2.44. The maximum Gasteiger partial charge on any atom is 0.358 e. The van der Waals surface area contributed by atoms with Crippen molar-refractivity contribution in [3.63, 3.8) is 0 Å². The molecular formula is C13H18N2O2. The van der Waals surface area contributed by atoms with E-state index in [9.17, 15) is 4.79 Å². The van der Waals surface area contributed by atoms with E-state index in [4.69, 9.17) is 0 Å². The quantitative estimate of drug-likeness (QED) is 0.699. The zero-order valence-corrected chi connectivity index (χ0v) is 11.0. The average molecular weight is 234 g/mol. The number of esters is 1. The second-order valence-corrected chi connectivity index (χ2v) is 5.89. The first-order valence-electron chi connectivity index (χ1n) is 5.74. The maximum absolute atomic E-state index is 11.5. The van der Waals surface area contributed by atoms with Gasteiger partial charge in [0.15, 0.2) is 5.69 Å². The Hall–Kier alpha value is -1.45. The van der Waals surface area contributed by atoms with Crippen LogP contribution in [0.25, 0.3) is 0 Å². The number of rotatable bonds is 1. The fraction of sp³-hybridized carbons (Fsp3) is 0.615. The summed E-state index contributed by atoms with van der Waals surface area (Å²) in [5.41, 5.74) is 2.17. The predicted octanol–water partition coefficient (Wildman–Crippen LogP) is 2.22. The maximum atomic E-state index is 11.5. The van der Waals surface area contributed by atoms with Crippen molar-refractivity contribution in [1.29, 1.82) is 0 Å². The Morgan fingerprint density at radius 1 is 1.24 bits per heavy atom. The van der Waals surface area contributed by atoms with Gasteiger partial charge in [-0.1, -0.05) is 27.7 Å². The number of carbonyl (C=O) groups is 1. The zero-order chi connectivity index (χ0) is 12.8. The van der Waals surface area contributed by atoms with E-state index in [-0.39, 0.29) is 16.5 Å². The van der Waals surface area contributed by atoms with E-state index in [1.165, 1.54) is 13.3 Å². The third-order valence-electron chi connectivity index (χ3n) is 3.33. The third kappa shape index (κ3) is 1.81. The molecule has 92 valence electrons. The van der Waals surface area contributed by atoms with Crippen molar-refractivity contribution in [3.05, 3.63) is 23.3 Å². The Kier molecular flexibility index (Phi) is 2.49. The van der Waals surface area contributed by atoms with E-state index in [1.807, 2.05) is 0 Å². The topological polar surface area (TPSA) is 52.1 Å². The molecule has 0 radical (unpaired) electrons. The van der Waals surface area contributed by atoms with Crippen LogP contribution in [-0.2, 0) is 15.6 Å². The standard InChI is InChI=1S/C13H18N2O2/c1-12(2)7-13(3,4)10-9(12)14-6-8(15-10)11(16)17-5/h6H,7H2,1-5H3. The van der Waals surface area contributed by atoms with Gasteiger partial charge in [0.2, 0.25) is 0 Å². The molecule has 0 aromatic carbocycles. The SMILES string of the molecule is COC(=O)c1cnc2c(n1)C(C)(C)CC2(C)C. The van der Waals surface area contributed by atoms with Crippen LogP contribution in [0.15, 0.2) is 6.20 Å². The minimum atomic E-state index is -0.430. The Morgan fingerprint density at radius 3 is 2.41 bits per heavy atom. The highest BCUT2D eigenvalue weighted by Crippen LogP contribution is 2.47. The van der Waals surface area contributed by atoms with Gasteiger partial charge >= 0.3 is 5.97 Å². The number of ether oxygens (including phenoxy) is 1. The molecule has 0 spiro atoms. The van der Waals surface area contributed by atoms with Crippen molar-refractivity contribution >= 4 is 5.97 Å². The van der Waals surface area contributed by atoms with Crippen molar-refractivity contribution in [1.82, 2.24) is 9.97 Å². The van der Waals surface area contributed by atoms with E-state index >= 15 is 0 Å². The number of methoxy groups -OCH3 is 1. The van der Waals surface area contributed by atoms with Gasteiger partial charge in [0.25, 0.3) is 0 Å². The first-order valence-corrected chi connectivity index (χ1v) is 5.74.